The van der Waals surface area contributed by atoms with Crippen LogP contribution in [0.2, 0.25) is 0 Å². The molecule has 0 bridgehead atoms. The van der Waals surface area contributed by atoms with Crippen molar-refractivity contribution in [1.82, 2.24) is 0 Å². The standard InChI is InChI=1S/C48H82O19/c1-44(2)28-13-17-48(7)29(10-9-24-23(12-16-47(24,48)6)22(18-49)8-11-30(52)45(3,4)61)46(28,5)15-14-31(44)66-43-40(67-42-39(60)36(57)33(54)26(20-51)64-42)37(58)34(55)27(65-43)21-62-41-38(59)35(56)32(53)25(19-50)63-41/h8,23-43,49-61H,9-21H2,1-7H3/t23-,24-,25-,26-,27-,28+,29-,30+,31+,32-,33-,34-,35+,36+,37+,38-,39-,40-,41?,42?,43+,46+,47-,48-/m1/s1. The highest BCUT2D eigenvalue weighted by Crippen LogP contribution is 2.75. The van der Waals surface area contributed by atoms with Gasteiger partial charge in [0.1, 0.15) is 73.2 Å². The Morgan fingerprint density at radius 2 is 1.19 bits per heavy atom. The summed E-state index contributed by atoms with van der Waals surface area (Å²) >= 11 is 0. The van der Waals surface area contributed by atoms with E-state index in [1.165, 1.54) is 0 Å². The number of rotatable bonds is 14. The Bertz CT molecular complexity index is 1690. The van der Waals surface area contributed by atoms with E-state index in [-0.39, 0.29) is 41.1 Å². The normalized spacial score (nSPS) is 50.8. The van der Waals surface area contributed by atoms with Gasteiger partial charge >= 0.3 is 0 Å². The minimum Gasteiger partial charge on any atom is -0.394 e. The van der Waals surface area contributed by atoms with E-state index >= 15 is 0 Å². The Labute approximate surface area is 393 Å². The number of fused-ring (bicyclic) bond motifs is 5. The lowest BCUT2D eigenvalue weighted by atomic mass is 9.35. The lowest BCUT2D eigenvalue weighted by molar-refractivity contribution is -0.382. The number of aliphatic hydroxyl groups excluding tert-OH is 12. The molecule has 4 saturated carbocycles. The van der Waals surface area contributed by atoms with Crippen molar-refractivity contribution in [1.29, 1.82) is 0 Å². The lowest BCUT2D eigenvalue weighted by Gasteiger charge is -2.70. The molecule has 0 radical (unpaired) electrons. The zero-order chi connectivity index (χ0) is 49.3. The molecule has 13 N–H and O–H groups in total. The maximum Gasteiger partial charge on any atom is 0.187 e. The van der Waals surface area contributed by atoms with Gasteiger partial charge in [-0.2, -0.15) is 0 Å². The largest absolute Gasteiger partial charge is 0.394 e. The topological polar surface area (TPSA) is 318 Å². The van der Waals surface area contributed by atoms with Gasteiger partial charge in [-0.15, -0.1) is 0 Å². The van der Waals surface area contributed by atoms with Crippen molar-refractivity contribution in [2.45, 2.75) is 216 Å². The molecule has 67 heavy (non-hydrogen) atoms. The fourth-order valence-corrected chi connectivity index (χ4v) is 14.5. The molecule has 0 aromatic carbocycles. The van der Waals surface area contributed by atoms with Gasteiger partial charge in [-0.1, -0.05) is 40.7 Å². The molecule has 0 aromatic heterocycles. The fraction of sp³-hybridized carbons (Fsp3) is 0.958. The molecule has 2 unspecified atom stereocenters. The highest BCUT2D eigenvalue weighted by atomic mass is 16.8. The van der Waals surface area contributed by atoms with Crippen LogP contribution in [0.5, 0.6) is 0 Å². The molecular weight excluding hydrogens is 881 g/mol. The molecule has 3 saturated heterocycles. The Hall–Kier alpha value is -1.02. The van der Waals surface area contributed by atoms with E-state index in [4.69, 9.17) is 28.4 Å². The smallest absolute Gasteiger partial charge is 0.187 e. The maximum atomic E-state index is 11.8. The summed E-state index contributed by atoms with van der Waals surface area (Å²) in [6.45, 7) is 12.8. The van der Waals surface area contributed by atoms with Crippen molar-refractivity contribution in [2.75, 3.05) is 26.4 Å². The first-order valence-electron chi connectivity index (χ1n) is 24.6. The molecule has 4 aliphatic carbocycles. The molecule has 19 heteroatoms. The Morgan fingerprint density at radius 1 is 0.627 bits per heavy atom. The number of ether oxygens (including phenoxy) is 6. The average molecular weight is 963 g/mol. The van der Waals surface area contributed by atoms with Crippen molar-refractivity contribution in [3.63, 3.8) is 0 Å². The first-order valence-corrected chi connectivity index (χ1v) is 24.6. The van der Waals surface area contributed by atoms with Crippen LogP contribution in [0.1, 0.15) is 106 Å². The molecule has 7 fully saturated rings. The summed E-state index contributed by atoms with van der Waals surface area (Å²) in [5, 5.41) is 138. The minimum absolute atomic E-state index is 0.0102. The maximum absolute atomic E-state index is 11.8. The van der Waals surface area contributed by atoms with Crippen molar-refractivity contribution in [3.05, 3.63) is 11.6 Å². The molecule has 0 spiro atoms. The molecule has 3 aliphatic heterocycles. The SMILES string of the molecule is CC(C)(O)[C@@H](O)CC=C(CO)[C@H]1CC[C@]2(C)[C@@H]1CC[C@@H]1[C@@]3(C)CC[C@H](O[C@@H]4O[C@H](COC5O[C@H](CO)[C@@H](O)[C@H](O)[C@H]5O)[C@@H](O)[C@H](O)[C@H]4OC4O[C@H](CO)[C@@H](O)[C@H](O)[C@H]4O)C(C)(C)[C@@H]3CC[C@]12C. The van der Waals surface area contributed by atoms with Crippen LogP contribution < -0.4 is 0 Å². The van der Waals surface area contributed by atoms with E-state index < -0.39 is 135 Å². The van der Waals surface area contributed by atoms with E-state index in [9.17, 15) is 66.4 Å². The highest BCUT2D eigenvalue weighted by molar-refractivity contribution is 5.22. The van der Waals surface area contributed by atoms with Crippen molar-refractivity contribution >= 4 is 0 Å². The van der Waals surface area contributed by atoms with Gasteiger partial charge in [-0.05, 0) is 123 Å². The second-order valence-corrected chi connectivity index (χ2v) is 23.0. The highest BCUT2D eigenvalue weighted by Gasteiger charge is 2.69. The third-order valence-electron chi connectivity index (χ3n) is 18.8. The van der Waals surface area contributed by atoms with Crippen LogP contribution in [0, 0.1) is 45.3 Å². The second kappa shape index (κ2) is 20.1. The number of hydrogen-bond donors (Lipinski definition) is 13. The molecule has 388 valence electrons. The van der Waals surface area contributed by atoms with E-state index in [0.717, 1.165) is 50.5 Å². The monoisotopic (exact) mass is 963 g/mol. The van der Waals surface area contributed by atoms with E-state index in [1.807, 2.05) is 6.08 Å². The molecule has 19 nitrogen and oxygen atoms in total. The molecule has 3 heterocycles. The third-order valence-corrected chi connectivity index (χ3v) is 18.8. The van der Waals surface area contributed by atoms with E-state index in [0.29, 0.717) is 18.3 Å². The van der Waals surface area contributed by atoms with Crippen LogP contribution in [0.3, 0.4) is 0 Å². The fourth-order valence-electron chi connectivity index (χ4n) is 14.5. The number of aliphatic hydroxyl groups is 13. The summed E-state index contributed by atoms with van der Waals surface area (Å²) in [7, 11) is 0. The minimum atomic E-state index is -1.84. The van der Waals surface area contributed by atoms with Gasteiger partial charge < -0.3 is 94.8 Å². The summed E-state index contributed by atoms with van der Waals surface area (Å²) in [4.78, 5) is 0. The Balaban J connectivity index is 1.11. The summed E-state index contributed by atoms with van der Waals surface area (Å²) in [6, 6.07) is 0. The Kier molecular flexibility index (Phi) is 16.1. The Morgan fingerprint density at radius 3 is 1.79 bits per heavy atom. The van der Waals surface area contributed by atoms with Gasteiger partial charge in [0.2, 0.25) is 0 Å². The lowest BCUT2D eigenvalue weighted by Crippen LogP contribution is -2.67. The van der Waals surface area contributed by atoms with Gasteiger partial charge in [0.05, 0.1) is 44.2 Å². The van der Waals surface area contributed by atoms with Gasteiger partial charge in [0.15, 0.2) is 18.9 Å². The predicted octanol–water partition coefficient (Wildman–Crippen LogP) is -1.05. The third kappa shape index (κ3) is 9.47. The van der Waals surface area contributed by atoms with Crippen molar-refractivity contribution in [2.24, 2.45) is 45.3 Å². The second-order valence-electron chi connectivity index (χ2n) is 23.0. The van der Waals surface area contributed by atoms with Crippen molar-refractivity contribution in [3.8, 4) is 0 Å². The van der Waals surface area contributed by atoms with Gasteiger partial charge in [0.25, 0.3) is 0 Å². The molecule has 24 atom stereocenters. The van der Waals surface area contributed by atoms with Crippen LogP contribution >= 0.6 is 0 Å². The molecular formula is C48H82O19. The first kappa shape index (κ1) is 53.8. The van der Waals surface area contributed by atoms with Crippen LogP contribution in [-0.4, -0.2) is 203 Å². The van der Waals surface area contributed by atoms with Crippen molar-refractivity contribution < 1.29 is 94.8 Å². The summed E-state index contributed by atoms with van der Waals surface area (Å²) < 4.78 is 36.2. The molecule has 0 aromatic rings. The van der Waals surface area contributed by atoms with Crippen LogP contribution in [0.15, 0.2) is 11.6 Å². The number of hydrogen-bond acceptors (Lipinski definition) is 19. The zero-order valence-corrected chi connectivity index (χ0v) is 40.2. The molecule has 7 aliphatic rings. The van der Waals surface area contributed by atoms with E-state index in [1.54, 1.807) is 13.8 Å². The summed E-state index contributed by atoms with van der Waals surface area (Å²) in [6.07, 6.45) is -16.3. The van der Waals surface area contributed by atoms with Gasteiger partial charge in [-0.25, -0.2) is 0 Å². The van der Waals surface area contributed by atoms with Gasteiger partial charge in [-0.3, -0.25) is 0 Å². The van der Waals surface area contributed by atoms with E-state index in [2.05, 4.69) is 34.6 Å². The molecule has 0 amide bonds. The van der Waals surface area contributed by atoms with Crippen LogP contribution in [-0.2, 0) is 28.4 Å². The van der Waals surface area contributed by atoms with Crippen LogP contribution in [0.4, 0.5) is 0 Å². The van der Waals surface area contributed by atoms with Crippen LogP contribution in [0.25, 0.3) is 0 Å². The summed E-state index contributed by atoms with van der Waals surface area (Å²) in [5.74, 6) is 1.07. The predicted molar refractivity (Wildman–Crippen MR) is 235 cm³/mol. The zero-order valence-electron chi connectivity index (χ0n) is 40.2. The quantitative estimate of drug-likeness (QED) is 0.0730. The van der Waals surface area contributed by atoms with Gasteiger partial charge in [0, 0.05) is 0 Å². The first-order chi connectivity index (χ1) is 31.3. The average Bonchev–Trinajstić information content (AvgIpc) is 3.63. The summed E-state index contributed by atoms with van der Waals surface area (Å²) in [5.41, 5.74) is -0.948. The molecule has 7 rings (SSSR count).